The van der Waals surface area contributed by atoms with Gasteiger partial charge in [-0.05, 0) is 42.8 Å². The molecular weight excluding hydrogens is 437 g/mol. The predicted octanol–water partition coefficient (Wildman–Crippen LogP) is 4.75. The molecule has 5 rings (SSSR count). The van der Waals surface area contributed by atoms with Crippen LogP contribution < -0.4 is 5.32 Å². The number of aromatic nitrogens is 4. The summed E-state index contributed by atoms with van der Waals surface area (Å²) < 4.78 is 17.2. The quantitative estimate of drug-likeness (QED) is 0.382. The second-order valence-electron chi connectivity index (χ2n) is 7.77. The van der Waals surface area contributed by atoms with Crippen molar-refractivity contribution in [2.45, 2.75) is 19.9 Å². The molecule has 1 amide bonds. The molecule has 0 aliphatic carbocycles. The Morgan fingerprint density at radius 3 is 2.70 bits per heavy atom. The number of nitrogens with zero attached hydrogens (tertiary/aromatic N) is 4. The Morgan fingerprint density at radius 2 is 1.91 bits per heavy atom. The second-order valence-corrected chi connectivity index (χ2v) is 8.80. The molecule has 5 aromatic rings. The highest BCUT2D eigenvalue weighted by Crippen LogP contribution is 2.30. The van der Waals surface area contributed by atoms with Gasteiger partial charge in [0.1, 0.15) is 16.5 Å². The maximum atomic E-state index is 13.3. The first kappa shape index (κ1) is 21.1. The van der Waals surface area contributed by atoms with Crippen LogP contribution in [0.4, 0.5) is 4.39 Å². The van der Waals surface area contributed by atoms with E-state index in [4.69, 9.17) is 0 Å². The van der Waals surface area contributed by atoms with Crippen molar-refractivity contribution in [3.63, 3.8) is 0 Å². The lowest BCUT2D eigenvalue weighted by atomic mass is 10.2. The summed E-state index contributed by atoms with van der Waals surface area (Å²) in [4.78, 5) is 18.7. The fourth-order valence-electron chi connectivity index (χ4n) is 3.78. The van der Waals surface area contributed by atoms with E-state index in [1.54, 1.807) is 23.0 Å². The first-order valence-electron chi connectivity index (χ1n) is 10.7. The van der Waals surface area contributed by atoms with Crippen molar-refractivity contribution in [1.82, 2.24) is 24.6 Å². The van der Waals surface area contributed by atoms with E-state index >= 15 is 0 Å². The molecule has 0 aliphatic rings. The zero-order chi connectivity index (χ0) is 22.8. The van der Waals surface area contributed by atoms with E-state index in [9.17, 15) is 9.18 Å². The summed E-state index contributed by atoms with van der Waals surface area (Å²) >= 11 is 1.38. The van der Waals surface area contributed by atoms with Gasteiger partial charge in [0.2, 0.25) is 0 Å². The van der Waals surface area contributed by atoms with Gasteiger partial charge in [-0.25, -0.2) is 14.1 Å². The van der Waals surface area contributed by atoms with Gasteiger partial charge in [0.15, 0.2) is 0 Å². The molecule has 0 unspecified atom stereocenters. The fraction of sp³-hybridized carbons (Fsp3) is 0.160. The molecule has 3 heterocycles. The van der Waals surface area contributed by atoms with E-state index in [1.807, 2.05) is 37.4 Å². The van der Waals surface area contributed by atoms with Gasteiger partial charge in [-0.15, -0.1) is 11.3 Å². The van der Waals surface area contributed by atoms with Crippen molar-refractivity contribution in [3.05, 3.63) is 101 Å². The molecule has 0 atom stereocenters. The molecule has 3 aromatic heterocycles. The number of fused-ring (bicyclic) bond motifs is 1. The Morgan fingerprint density at radius 1 is 1.12 bits per heavy atom. The fourth-order valence-corrected chi connectivity index (χ4v) is 4.88. The van der Waals surface area contributed by atoms with Crippen LogP contribution in [-0.4, -0.2) is 31.8 Å². The Hall–Kier alpha value is -3.78. The van der Waals surface area contributed by atoms with E-state index in [2.05, 4.69) is 32.1 Å². The predicted molar refractivity (Wildman–Crippen MR) is 127 cm³/mol. The molecule has 0 aliphatic heterocycles. The number of rotatable bonds is 7. The highest BCUT2D eigenvalue weighted by atomic mass is 32.1. The topological polar surface area (TPSA) is 64.7 Å². The molecule has 0 radical (unpaired) electrons. The average Bonchev–Trinajstić information content (AvgIpc) is 3.52. The number of carbonyl (C=O) groups excluding carboxylic acids is 1. The average molecular weight is 460 g/mol. The number of carbonyl (C=O) groups is 1. The minimum Gasteiger partial charge on any atom is -0.351 e. The van der Waals surface area contributed by atoms with Crippen molar-refractivity contribution in [2.75, 3.05) is 6.54 Å². The van der Waals surface area contributed by atoms with Crippen LogP contribution in [0.3, 0.4) is 0 Å². The van der Waals surface area contributed by atoms with E-state index in [-0.39, 0.29) is 11.7 Å². The van der Waals surface area contributed by atoms with E-state index in [0.717, 1.165) is 34.0 Å². The van der Waals surface area contributed by atoms with Crippen molar-refractivity contribution >= 4 is 27.5 Å². The number of aryl methyl sites for hydroxylation is 1. The summed E-state index contributed by atoms with van der Waals surface area (Å²) in [6.07, 6.45) is 4.38. The first-order valence-corrected chi connectivity index (χ1v) is 11.5. The summed E-state index contributed by atoms with van der Waals surface area (Å²) in [5, 5.41) is 8.48. The number of halogens is 1. The van der Waals surface area contributed by atoms with Crippen LogP contribution >= 0.6 is 11.3 Å². The van der Waals surface area contributed by atoms with Crippen molar-refractivity contribution in [3.8, 4) is 5.69 Å². The number of amides is 1. The molecule has 6 nitrogen and oxygen atoms in total. The second kappa shape index (κ2) is 8.99. The van der Waals surface area contributed by atoms with Crippen LogP contribution in [0, 0.1) is 12.7 Å². The number of hydrogen-bond acceptors (Lipinski definition) is 4. The van der Waals surface area contributed by atoms with Crippen LogP contribution in [0.25, 0.3) is 15.9 Å². The maximum Gasteiger partial charge on any atom is 0.261 e. The number of thiophene rings is 1. The van der Waals surface area contributed by atoms with Gasteiger partial charge in [0, 0.05) is 37.3 Å². The molecule has 2 aromatic carbocycles. The Kier molecular flexibility index (Phi) is 5.75. The van der Waals surface area contributed by atoms with Gasteiger partial charge in [0.05, 0.1) is 16.3 Å². The minimum atomic E-state index is -0.297. The highest BCUT2D eigenvalue weighted by Gasteiger charge is 2.17. The third-order valence-corrected chi connectivity index (χ3v) is 6.58. The van der Waals surface area contributed by atoms with Crippen LogP contribution in [0.5, 0.6) is 0 Å². The molecule has 0 bridgehead atoms. The molecule has 1 N–H and O–H groups in total. The third kappa shape index (κ3) is 4.42. The zero-order valence-corrected chi connectivity index (χ0v) is 18.8. The monoisotopic (exact) mass is 459 g/mol. The smallest absolute Gasteiger partial charge is 0.261 e. The first-order chi connectivity index (χ1) is 16.1. The van der Waals surface area contributed by atoms with Gasteiger partial charge < -0.3 is 9.88 Å². The number of imidazole rings is 1. The highest BCUT2D eigenvalue weighted by molar-refractivity contribution is 7.20. The van der Waals surface area contributed by atoms with Gasteiger partial charge >= 0.3 is 0 Å². The van der Waals surface area contributed by atoms with Crippen LogP contribution in [-0.2, 0) is 13.0 Å². The van der Waals surface area contributed by atoms with Crippen molar-refractivity contribution < 1.29 is 9.18 Å². The number of benzene rings is 2. The lowest BCUT2D eigenvalue weighted by Gasteiger charge is -2.08. The standard InChI is InChI=1S/C25H22FN5OS/c1-17-21-15-22(33-25(21)31(29-17)20-9-7-19(26)8-10-20)24(32)28-12-11-23-27-13-14-30(23)16-18-5-3-2-4-6-18/h2-10,13-15H,11-12,16H2,1H3,(H,28,32). The lowest BCUT2D eigenvalue weighted by molar-refractivity contribution is 0.0958. The Balaban J connectivity index is 1.27. The maximum absolute atomic E-state index is 13.3. The molecule has 33 heavy (non-hydrogen) atoms. The van der Waals surface area contributed by atoms with Crippen LogP contribution in [0.2, 0.25) is 0 Å². The van der Waals surface area contributed by atoms with Crippen LogP contribution in [0.1, 0.15) is 26.8 Å². The van der Waals surface area contributed by atoms with Crippen molar-refractivity contribution in [1.29, 1.82) is 0 Å². The van der Waals surface area contributed by atoms with E-state index < -0.39 is 0 Å². The van der Waals surface area contributed by atoms with Gasteiger partial charge in [-0.3, -0.25) is 4.79 Å². The molecule has 0 saturated heterocycles. The normalized spacial score (nSPS) is 11.2. The van der Waals surface area contributed by atoms with Crippen molar-refractivity contribution in [2.24, 2.45) is 0 Å². The lowest BCUT2D eigenvalue weighted by Crippen LogP contribution is -2.25. The molecule has 0 fully saturated rings. The molecule has 8 heteroatoms. The molecular formula is C25H22FN5OS. The molecule has 0 spiro atoms. The van der Waals surface area contributed by atoms with Gasteiger partial charge in [-0.1, -0.05) is 30.3 Å². The zero-order valence-electron chi connectivity index (χ0n) is 18.0. The summed E-state index contributed by atoms with van der Waals surface area (Å²) in [6, 6.07) is 18.2. The number of nitrogens with one attached hydrogen (secondary N) is 1. The summed E-state index contributed by atoms with van der Waals surface area (Å²) in [6.45, 7) is 3.14. The molecule has 0 saturated carbocycles. The summed E-state index contributed by atoms with van der Waals surface area (Å²) in [7, 11) is 0. The van der Waals surface area contributed by atoms with E-state index in [0.29, 0.717) is 17.8 Å². The summed E-state index contributed by atoms with van der Waals surface area (Å²) in [5.41, 5.74) is 2.79. The number of hydrogen-bond donors (Lipinski definition) is 1. The minimum absolute atomic E-state index is 0.123. The molecule has 166 valence electrons. The summed E-state index contributed by atoms with van der Waals surface area (Å²) in [5.74, 6) is 0.509. The Labute approximate surface area is 194 Å². The van der Waals surface area contributed by atoms with Gasteiger partial charge in [-0.2, -0.15) is 5.10 Å². The largest absolute Gasteiger partial charge is 0.351 e. The SMILES string of the molecule is Cc1nn(-c2ccc(F)cc2)c2sc(C(=O)NCCc3nccn3Cc3ccccc3)cc12. The van der Waals surface area contributed by atoms with Gasteiger partial charge in [0.25, 0.3) is 5.91 Å². The Bertz CT molecular complexity index is 1400. The van der Waals surface area contributed by atoms with E-state index in [1.165, 1.54) is 29.0 Å². The third-order valence-electron chi connectivity index (χ3n) is 5.47. The van der Waals surface area contributed by atoms with Crippen LogP contribution in [0.15, 0.2) is 73.1 Å².